The van der Waals surface area contributed by atoms with E-state index < -0.39 is 0 Å². The summed E-state index contributed by atoms with van der Waals surface area (Å²) in [5.74, 6) is 0. The third kappa shape index (κ3) is 5.41. The normalized spacial score (nSPS) is 12.6. The molecule has 0 aliphatic carbocycles. The fourth-order valence-corrected chi connectivity index (χ4v) is 2.72. The van der Waals surface area contributed by atoms with Crippen molar-refractivity contribution in [2.24, 2.45) is 5.41 Å². The van der Waals surface area contributed by atoms with Crippen LogP contribution in [0.25, 0.3) is 5.57 Å². The van der Waals surface area contributed by atoms with Crippen molar-refractivity contribution in [2.45, 2.75) is 20.8 Å². The highest BCUT2D eigenvalue weighted by atomic mass is 32.1. The first-order chi connectivity index (χ1) is 8.84. The van der Waals surface area contributed by atoms with Crippen molar-refractivity contribution in [1.29, 1.82) is 5.26 Å². The van der Waals surface area contributed by atoms with Gasteiger partial charge in [-0.25, -0.2) is 4.98 Å². The fraction of sp³-hybridized carbons (Fsp3) is 0.571. The van der Waals surface area contributed by atoms with Gasteiger partial charge in [0.05, 0.1) is 0 Å². The number of allylic oxidation sites excluding steroid dienone is 1. The number of nitrogens with one attached hydrogen (secondary N) is 1. The van der Waals surface area contributed by atoms with Crippen molar-refractivity contribution in [1.82, 2.24) is 15.2 Å². The molecule has 0 unspecified atom stereocenters. The molecule has 0 radical (unpaired) electrons. The predicted molar refractivity (Wildman–Crippen MR) is 80.8 cm³/mol. The van der Waals surface area contributed by atoms with Gasteiger partial charge in [-0.2, -0.15) is 5.26 Å². The standard InChI is InChI=1S/C14H22N4S/c1-11-8-19-13(17-11)12(6-15)7-16-9-14(2,3)10-18(4)5/h7-8,16H,9-10H2,1-5H3/b12-7+. The molecule has 4 nitrogen and oxygen atoms in total. The van der Waals surface area contributed by atoms with Crippen LogP contribution in [0.4, 0.5) is 0 Å². The summed E-state index contributed by atoms with van der Waals surface area (Å²) in [5.41, 5.74) is 1.70. The molecule has 0 fully saturated rings. The molecule has 0 aliphatic heterocycles. The number of hydrogen-bond donors (Lipinski definition) is 1. The zero-order valence-corrected chi connectivity index (χ0v) is 13.1. The third-order valence-corrected chi connectivity index (χ3v) is 3.53. The highest BCUT2D eigenvalue weighted by molar-refractivity contribution is 7.10. The van der Waals surface area contributed by atoms with Crippen LogP contribution in [0.3, 0.4) is 0 Å². The molecule has 0 aliphatic rings. The Morgan fingerprint density at radius 2 is 2.26 bits per heavy atom. The van der Waals surface area contributed by atoms with Gasteiger partial charge >= 0.3 is 0 Å². The van der Waals surface area contributed by atoms with Crippen LogP contribution in [-0.2, 0) is 0 Å². The van der Waals surface area contributed by atoms with Crippen LogP contribution >= 0.6 is 11.3 Å². The summed E-state index contributed by atoms with van der Waals surface area (Å²) in [6.07, 6.45) is 1.77. The summed E-state index contributed by atoms with van der Waals surface area (Å²) >= 11 is 1.50. The fourth-order valence-electron chi connectivity index (χ4n) is 1.96. The lowest BCUT2D eigenvalue weighted by molar-refractivity contribution is 0.239. The Morgan fingerprint density at radius 1 is 1.58 bits per heavy atom. The van der Waals surface area contributed by atoms with Crippen molar-refractivity contribution in [2.75, 3.05) is 27.2 Å². The average molecular weight is 278 g/mol. The van der Waals surface area contributed by atoms with E-state index in [2.05, 4.69) is 49.2 Å². The van der Waals surface area contributed by atoms with Crippen LogP contribution in [0.5, 0.6) is 0 Å². The summed E-state index contributed by atoms with van der Waals surface area (Å²) in [6.45, 7) is 8.15. The van der Waals surface area contributed by atoms with Crippen LogP contribution in [-0.4, -0.2) is 37.1 Å². The molecule has 5 heteroatoms. The second-order valence-electron chi connectivity index (χ2n) is 5.75. The summed E-state index contributed by atoms with van der Waals surface area (Å²) in [7, 11) is 4.13. The third-order valence-electron chi connectivity index (χ3n) is 2.54. The molecule has 104 valence electrons. The molecule has 1 heterocycles. The van der Waals surface area contributed by atoms with Gasteiger partial charge in [0.15, 0.2) is 0 Å². The summed E-state index contributed by atoms with van der Waals surface area (Å²) < 4.78 is 0. The van der Waals surface area contributed by atoms with Crippen LogP contribution in [0, 0.1) is 23.7 Å². The minimum Gasteiger partial charge on any atom is -0.389 e. The zero-order valence-electron chi connectivity index (χ0n) is 12.3. The van der Waals surface area contributed by atoms with Gasteiger partial charge in [-0.15, -0.1) is 11.3 Å². The number of rotatable bonds is 6. The lowest BCUT2D eigenvalue weighted by atomic mass is 9.93. The lowest BCUT2D eigenvalue weighted by Gasteiger charge is -2.28. The highest BCUT2D eigenvalue weighted by Crippen LogP contribution is 2.18. The van der Waals surface area contributed by atoms with Crippen LogP contribution in [0.1, 0.15) is 24.5 Å². The van der Waals surface area contributed by atoms with Gasteiger partial charge in [0.2, 0.25) is 0 Å². The second kappa shape index (κ2) is 6.69. The van der Waals surface area contributed by atoms with Crippen molar-refractivity contribution in [3.8, 4) is 6.07 Å². The van der Waals surface area contributed by atoms with Gasteiger partial charge in [0.25, 0.3) is 0 Å². The SMILES string of the molecule is Cc1csc(/C(C#N)=C/NCC(C)(C)CN(C)C)n1. The molecule has 0 saturated carbocycles. The predicted octanol–water partition coefficient (Wildman–Crippen LogP) is 2.49. The molecule has 1 N–H and O–H groups in total. The van der Waals surface area contributed by atoms with E-state index in [-0.39, 0.29) is 5.41 Å². The van der Waals surface area contributed by atoms with E-state index in [1.54, 1.807) is 6.20 Å². The topological polar surface area (TPSA) is 52.0 Å². The van der Waals surface area contributed by atoms with Crippen LogP contribution in [0.2, 0.25) is 0 Å². The molecule has 19 heavy (non-hydrogen) atoms. The molecule has 0 amide bonds. The van der Waals surface area contributed by atoms with Crippen LogP contribution < -0.4 is 5.32 Å². The minimum absolute atomic E-state index is 0.152. The van der Waals surface area contributed by atoms with E-state index in [9.17, 15) is 0 Å². The number of thiazole rings is 1. The van der Waals surface area contributed by atoms with E-state index in [0.29, 0.717) is 5.57 Å². The average Bonchev–Trinajstić information content (AvgIpc) is 2.69. The Bertz CT molecular complexity index is 480. The summed E-state index contributed by atoms with van der Waals surface area (Å²) in [6, 6.07) is 2.19. The molecule has 1 aromatic rings. The number of nitrogens with zero attached hydrogens (tertiary/aromatic N) is 3. The Labute approximate surface area is 119 Å². The molecule has 1 rings (SSSR count). The summed E-state index contributed by atoms with van der Waals surface area (Å²) in [5, 5.41) is 15.1. The number of aryl methyl sites for hydroxylation is 1. The maximum Gasteiger partial charge on any atom is 0.135 e. The smallest absolute Gasteiger partial charge is 0.135 e. The first kappa shape index (κ1) is 15.7. The van der Waals surface area contributed by atoms with Crippen molar-refractivity contribution in [3.63, 3.8) is 0 Å². The van der Waals surface area contributed by atoms with Gasteiger partial charge in [-0.3, -0.25) is 0 Å². The Kier molecular flexibility index (Phi) is 5.52. The van der Waals surface area contributed by atoms with Gasteiger partial charge < -0.3 is 10.2 Å². The second-order valence-corrected chi connectivity index (χ2v) is 6.60. The number of aromatic nitrogens is 1. The molecule has 0 atom stereocenters. The van der Waals surface area contributed by atoms with Crippen molar-refractivity contribution < 1.29 is 0 Å². The quantitative estimate of drug-likeness (QED) is 0.812. The zero-order chi connectivity index (χ0) is 14.5. The molecule has 0 spiro atoms. The molecule has 0 saturated heterocycles. The Hall–Kier alpha value is -1.38. The van der Waals surface area contributed by atoms with Gasteiger partial charge in [0, 0.05) is 30.4 Å². The lowest BCUT2D eigenvalue weighted by Crippen LogP contribution is -2.36. The monoisotopic (exact) mass is 278 g/mol. The molecular weight excluding hydrogens is 256 g/mol. The maximum absolute atomic E-state index is 9.16. The molecular formula is C14H22N4S. The van der Waals surface area contributed by atoms with Gasteiger partial charge in [0.1, 0.15) is 16.6 Å². The van der Waals surface area contributed by atoms with E-state index in [1.165, 1.54) is 11.3 Å². The maximum atomic E-state index is 9.16. The number of hydrogen-bond acceptors (Lipinski definition) is 5. The van der Waals surface area contributed by atoms with Crippen molar-refractivity contribution in [3.05, 3.63) is 22.3 Å². The van der Waals surface area contributed by atoms with Crippen molar-refractivity contribution >= 4 is 16.9 Å². The summed E-state index contributed by atoms with van der Waals surface area (Å²) in [4.78, 5) is 6.49. The molecule has 0 aromatic carbocycles. The van der Waals surface area contributed by atoms with Gasteiger partial charge in [-0.05, 0) is 26.4 Å². The van der Waals surface area contributed by atoms with E-state index in [1.807, 2.05) is 12.3 Å². The Balaban J connectivity index is 2.62. The van der Waals surface area contributed by atoms with E-state index in [0.717, 1.165) is 23.8 Å². The van der Waals surface area contributed by atoms with E-state index >= 15 is 0 Å². The molecule has 1 aromatic heterocycles. The minimum atomic E-state index is 0.152. The van der Waals surface area contributed by atoms with Gasteiger partial charge in [-0.1, -0.05) is 13.8 Å². The Morgan fingerprint density at radius 3 is 2.74 bits per heavy atom. The largest absolute Gasteiger partial charge is 0.389 e. The highest BCUT2D eigenvalue weighted by Gasteiger charge is 2.18. The van der Waals surface area contributed by atoms with Crippen LogP contribution in [0.15, 0.2) is 11.6 Å². The van der Waals surface area contributed by atoms with E-state index in [4.69, 9.17) is 5.26 Å². The molecule has 0 bridgehead atoms. The number of nitriles is 1. The first-order valence-corrected chi connectivity index (χ1v) is 7.13. The first-order valence-electron chi connectivity index (χ1n) is 6.25.